The van der Waals surface area contributed by atoms with Crippen LogP contribution in [0.3, 0.4) is 0 Å². The molecule has 3 aromatic rings. The van der Waals surface area contributed by atoms with Crippen molar-refractivity contribution in [2.24, 2.45) is 0 Å². The van der Waals surface area contributed by atoms with E-state index in [2.05, 4.69) is 19.9 Å². The number of amides is 1. The number of rotatable bonds is 2. The Morgan fingerprint density at radius 2 is 2.03 bits per heavy atom. The fourth-order valence-electron chi connectivity index (χ4n) is 4.99. The van der Waals surface area contributed by atoms with E-state index in [1.165, 1.54) is 12.1 Å². The predicted octanol–water partition coefficient (Wildman–Crippen LogP) is 4.08. The van der Waals surface area contributed by atoms with E-state index in [-0.39, 0.29) is 29.9 Å². The lowest BCUT2D eigenvalue weighted by Crippen LogP contribution is -2.44. The second kappa shape index (κ2) is 7.21. The molecule has 2 aliphatic heterocycles. The summed E-state index contributed by atoms with van der Waals surface area (Å²) in [5, 5.41) is 0.969. The van der Waals surface area contributed by atoms with Crippen LogP contribution in [0.15, 0.2) is 42.9 Å². The zero-order valence-corrected chi connectivity index (χ0v) is 17.9. The van der Waals surface area contributed by atoms with Crippen LogP contribution in [0.5, 0.6) is 0 Å². The van der Waals surface area contributed by atoms with Crippen molar-refractivity contribution in [1.82, 2.24) is 19.9 Å². The second-order valence-corrected chi connectivity index (χ2v) is 9.26. The van der Waals surface area contributed by atoms with Gasteiger partial charge in [-0.1, -0.05) is 0 Å². The average Bonchev–Trinajstić information content (AvgIpc) is 3.40. The first-order valence-electron chi connectivity index (χ1n) is 10.6. The Bertz CT molecular complexity index is 1110. The van der Waals surface area contributed by atoms with Crippen LogP contribution in [0.4, 0.5) is 15.1 Å². The van der Waals surface area contributed by atoms with Gasteiger partial charge in [-0.2, -0.15) is 0 Å². The molecule has 2 saturated heterocycles. The minimum absolute atomic E-state index is 0.0167. The highest BCUT2D eigenvalue weighted by Gasteiger charge is 2.52. The Hall–Kier alpha value is -3.16. The van der Waals surface area contributed by atoms with E-state index in [1.807, 2.05) is 31.9 Å². The average molecular weight is 423 g/mol. The number of nitrogens with zero attached hydrogens (tertiary/aromatic N) is 4. The highest BCUT2D eigenvalue weighted by atomic mass is 19.1. The third kappa shape index (κ3) is 3.49. The summed E-state index contributed by atoms with van der Waals surface area (Å²) in [5.41, 5.74) is 1.26. The Kier molecular flexibility index (Phi) is 4.60. The Morgan fingerprint density at radius 1 is 1.26 bits per heavy atom. The van der Waals surface area contributed by atoms with Crippen LogP contribution in [0.2, 0.25) is 0 Å². The maximum absolute atomic E-state index is 13.7. The number of fused-ring (bicyclic) bond motifs is 2. The SMILES string of the molecule is CC(C)(C)OC(=O)N1CC[C@@H]2C1[C@@H](c1c[nH]c3cc(F)ccc13)CN2c1ncccn1. The molecule has 0 bridgehead atoms. The van der Waals surface area contributed by atoms with E-state index in [1.54, 1.807) is 24.5 Å². The second-order valence-electron chi connectivity index (χ2n) is 9.26. The molecular weight excluding hydrogens is 397 g/mol. The molecular formula is C23H26FN5O2. The van der Waals surface area contributed by atoms with Crippen molar-refractivity contribution < 1.29 is 13.9 Å². The number of aromatic nitrogens is 3. The lowest BCUT2D eigenvalue weighted by atomic mass is 9.91. The Balaban J connectivity index is 1.55. The summed E-state index contributed by atoms with van der Waals surface area (Å²) in [6.07, 6.45) is 5.92. The summed E-state index contributed by atoms with van der Waals surface area (Å²) in [6, 6.07) is 6.59. The molecule has 1 N–H and O–H groups in total. The molecule has 4 heterocycles. The van der Waals surface area contributed by atoms with Gasteiger partial charge in [-0.15, -0.1) is 0 Å². The number of anilines is 1. The third-order valence-corrected chi connectivity index (χ3v) is 6.14. The summed E-state index contributed by atoms with van der Waals surface area (Å²) in [6.45, 7) is 6.92. The van der Waals surface area contributed by atoms with Crippen LogP contribution >= 0.6 is 0 Å². The molecule has 1 amide bonds. The summed E-state index contributed by atoms with van der Waals surface area (Å²) < 4.78 is 19.5. The van der Waals surface area contributed by atoms with Crippen LogP contribution in [0.1, 0.15) is 38.7 Å². The van der Waals surface area contributed by atoms with E-state index in [4.69, 9.17) is 4.74 Å². The van der Waals surface area contributed by atoms with Gasteiger partial charge in [-0.3, -0.25) is 0 Å². The molecule has 8 heteroatoms. The lowest BCUT2D eigenvalue weighted by molar-refractivity contribution is 0.0215. The molecule has 31 heavy (non-hydrogen) atoms. The number of likely N-dealkylation sites (tertiary alicyclic amines) is 1. The van der Waals surface area contributed by atoms with Crippen molar-refractivity contribution in [3.05, 3.63) is 54.2 Å². The number of ether oxygens (including phenoxy) is 1. The molecule has 1 unspecified atom stereocenters. The quantitative estimate of drug-likeness (QED) is 0.672. The molecule has 2 aromatic heterocycles. The van der Waals surface area contributed by atoms with Crippen LogP contribution in [0.25, 0.3) is 10.9 Å². The molecule has 2 aliphatic rings. The van der Waals surface area contributed by atoms with Crippen LogP contribution in [0, 0.1) is 5.82 Å². The molecule has 0 radical (unpaired) electrons. The summed E-state index contributed by atoms with van der Waals surface area (Å²) in [7, 11) is 0. The number of carbonyl (C=O) groups is 1. The molecule has 0 aliphatic carbocycles. The van der Waals surface area contributed by atoms with Gasteiger partial charge in [0, 0.05) is 48.5 Å². The number of aromatic amines is 1. The number of benzene rings is 1. The normalized spacial score (nSPS) is 23.4. The summed E-state index contributed by atoms with van der Waals surface area (Å²) in [4.78, 5) is 29.2. The molecule has 7 nitrogen and oxygen atoms in total. The van der Waals surface area contributed by atoms with Crippen LogP contribution < -0.4 is 4.90 Å². The molecule has 162 valence electrons. The monoisotopic (exact) mass is 423 g/mol. The van der Waals surface area contributed by atoms with Crippen molar-refractivity contribution in [3.63, 3.8) is 0 Å². The standard InChI is InChI=1S/C23H26FN5O2/c1-23(2,3)31-22(30)28-10-7-19-20(28)17(13-29(19)21-25-8-4-9-26-21)16-12-27-18-11-14(24)5-6-15(16)18/h4-6,8-9,11-12,17,19-20,27H,7,10,13H2,1-3H3/t17-,19-,20?/m1/s1. The van der Waals surface area contributed by atoms with E-state index < -0.39 is 5.60 Å². The maximum Gasteiger partial charge on any atom is 0.410 e. The van der Waals surface area contributed by atoms with Crippen LogP contribution in [-0.4, -0.2) is 56.7 Å². The number of halogens is 1. The van der Waals surface area contributed by atoms with E-state index in [0.717, 1.165) is 22.9 Å². The number of hydrogen-bond donors (Lipinski definition) is 1. The Morgan fingerprint density at radius 3 is 2.77 bits per heavy atom. The first kappa shape index (κ1) is 19.8. The van der Waals surface area contributed by atoms with Crippen molar-refractivity contribution >= 4 is 22.9 Å². The van der Waals surface area contributed by atoms with Gasteiger partial charge in [-0.05, 0) is 57.0 Å². The minimum Gasteiger partial charge on any atom is -0.444 e. The van der Waals surface area contributed by atoms with Gasteiger partial charge in [0.2, 0.25) is 5.95 Å². The number of H-pyrrole nitrogens is 1. The van der Waals surface area contributed by atoms with Crippen LogP contribution in [-0.2, 0) is 4.74 Å². The first-order valence-corrected chi connectivity index (χ1v) is 10.6. The summed E-state index contributed by atoms with van der Waals surface area (Å²) >= 11 is 0. The number of nitrogens with one attached hydrogen (secondary N) is 1. The van der Waals surface area contributed by atoms with Crippen molar-refractivity contribution in [3.8, 4) is 0 Å². The molecule has 5 rings (SSSR count). The predicted molar refractivity (Wildman–Crippen MR) is 116 cm³/mol. The zero-order chi connectivity index (χ0) is 21.8. The number of hydrogen-bond acceptors (Lipinski definition) is 5. The third-order valence-electron chi connectivity index (χ3n) is 6.14. The van der Waals surface area contributed by atoms with E-state index >= 15 is 0 Å². The van der Waals surface area contributed by atoms with Crippen molar-refractivity contribution in [2.75, 3.05) is 18.0 Å². The Labute approximate surface area is 180 Å². The zero-order valence-electron chi connectivity index (χ0n) is 17.9. The molecule has 3 atom stereocenters. The first-order chi connectivity index (χ1) is 14.8. The van der Waals surface area contributed by atoms with Gasteiger partial charge >= 0.3 is 6.09 Å². The van der Waals surface area contributed by atoms with E-state index in [0.29, 0.717) is 19.0 Å². The lowest BCUT2D eigenvalue weighted by Gasteiger charge is -2.31. The fourth-order valence-corrected chi connectivity index (χ4v) is 4.99. The molecule has 0 spiro atoms. The topological polar surface area (TPSA) is 74.3 Å². The van der Waals surface area contributed by atoms with Gasteiger partial charge in [0.25, 0.3) is 0 Å². The smallest absolute Gasteiger partial charge is 0.410 e. The van der Waals surface area contributed by atoms with Gasteiger partial charge in [0.1, 0.15) is 11.4 Å². The van der Waals surface area contributed by atoms with E-state index in [9.17, 15) is 9.18 Å². The fraction of sp³-hybridized carbons (Fsp3) is 0.435. The minimum atomic E-state index is -0.566. The maximum atomic E-state index is 13.7. The highest BCUT2D eigenvalue weighted by molar-refractivity contribution is 5.84. The molecule has 1 aromatic carbocycles. The summed E-state index contributed by atoms with van der Waals surface area (Å²) in [5.74, 6) is 0.403. The van der Waals surface area contributed by atoms with Gasteiger partial charge in [-0.25, -0.2) is 19.2 Å². The number of carbonyl (C=O) groups excluding carboxylic acids is 1. The van der Waals surface area contributed by atoms with Gasteiger partial charge in [0.15, 0.2) is 0 Å². The molecule has 0 saturated carbocycles. The highest BCUT2D eigenvalue weighted by Crippen LogP contribution is 2.44. The van der Waals surface area contributed by atoms with Gasteiger partial charge in [0.05, 0.1) is 12.1 Å². The van der Waals surface area contributed by atoms with Gasteiger partial charge < -0.3 is 19.5 Å². The van der Waals surface area contributed by atoms with Crippen molar-refractivity contribution in [1.29, 1.82) is 0 Å². The largest absolute Gasteiger partial charge is 0.444 e. The van der Waals surface area contributed by atoms with Crippen molar-refractivity contribution in [2.45, 2.75) is 50.8 Å². The molecule has 2 fully saturated rings.